The van der Waals surface area contributed by atoms with Gasteiger partial charge in [0.25, 0.3) is 5.91 Å². The number of carbonyl (C=O) groups is 1. The van der Waals surface area contributed by atoms with Gasteiger partial charge >= 0.3 is 0 Å². The van der Waals surface area contributed by atoms with Crippen molar-refractivity contribution in [3.05, 3.63) is 44.6 Å². The largest absolute Gasteiger partial charge is 0.495 e. The van der Waals surface area contributed by atoms with Gasteiger partial charge in [0.05, 0.1) is 12.0 Å². The second kappa shape index (κ2) is 7.59. The van der Waals surface area contributed by atoms with E-state index in [9.17, 15) is 4.79 Å². The highest BCUT2D eigenvalue weighted by Crippen LogP contribution is 2.34. The van der Waals surface area contributed by atoms with Crippen molar-refractivity contribution in [2.24, 2.45) is 0 Å². The Morgan fingerprint density at radius 1 is 1.38 bits per heavy atom. The fourth-order valence-corrected chi connectivity index (χ4v) is 3.37. The molecule has 4 nitrogen and oxygen atoms in total. The molecule has 1 aromatic carbocycles. The Balaban J connectivity index is 2.08. The standard InChI is InChI=1S/C15H17BrN2O2S/c1-3-17-9-10-5-4-6-11(7-10)18-15(19)13-8-12(20-2)14(16)21-13/h4-8,17H,3,9H2,1-2H3,(H,18,19). The molecule has 1 heterocycles. The molecule has 21 heavy (non-hydrogen) atoms. The molecular weight excluding hydrogens is 352 g/mol. The van der Waals surface area contributed by atoms with Crippen LogP contribution in [0.15, 0.2) is 34.1 Å². The zero-order valence-corrected chi connectivity index (χ0v) is 14.3. The maximum absolute atomic E-state index is 12.2. The van der Waals surface area contributed by atoms with E-state index in [-0.39, 0.29) is 5.91 Å². The summed E-state index contributed by atoms with van der Waals surface area (Å²) in [7, 11) is 1.58. The van der Waals surface area contributed by atoms with Crippen molar-refractivity contribution in [3.63, 3.8) is 0 Å². The Hall–Kier alpha value is -1.37. The van der Waals surface area contributed by atoms with Crippen molar-refractivity contribution in [2.75, 3.05) is 19.0 Å². The number of hydrogen-bond donors (Lipinski definition) is 2. The van der Waals surface area contributed by atoms with Crippen LogP contribution in [-0.2, 0) is 6.54 Å². The lowest BCUT2D eigenvalue weighted by Crippen LogP contribution is -2.13. The second-order valence-electron chi connectivity index (χ2n) is 4.39. The summed E-state index contributed by atoms with van der Waals surface area (Å²) >= 11 is 4.73. The zero-order chi connectivity index (χ0) is 15.2. The van der Waals surface area contributed by atoms with Crippen LogP contribution in [0.25, 0.3) is 0 Å². The Labute approximate surface area is 136 Å². The number of anilines is 1. The lowest BCUT2D eigenvalue weighted by molar-refractivity contribution is 0.103. The van der Waals surface area contributed by atoms with Crippen LogP contribution in [0.3, 0.4) is 0 Å². The Kier molecular flexibility index (Phi) is 5.78. The number of amides is 1. The van der Waals surface area contributed by atoms with Gasteiger partial charge in [-0.3, -0.25) is 4.79 Å². The predicted octanol–water partition coefficient (Wildman–Crippen LogP) is 3.88. The molecule has 0 spiro atoms. The Bertz CT molecular complexity index is 628. The number of ether oxygens (including phenoxy) is 1. The molecule has 0 aliphatic heterocycles. The van der Waals surface area contributed by atoms with Crippen LogP contribution in [0.5, 0.6) is 5.75 Å². The summed E-state index contributed by atoms with van der Waals surface area (Å²) in [5, 5.41) is 6.17. The van der Waals surface area contributed by atoms with Gasteiger partial charge < -0.3 is 15.4 Å². The lowest BCUT2D eigenvalue weighted by atomic mass is 10.2. The summed E-state index contributed by atoms with van der Waals surface area (Å²) in [6.07, 6.45) is 0. The van der Waals surface area contributed by atoms with Gasteiger partial charge in [-0.2, -0.15) is 0 Å². The molecule has 0 radical (unpaired) electrons. The summed E-state index contributed by atoms with van der Waals surface area (Å²) in [5.41, 5.74) is 1.93. The maximum Gasteiger partial charge on any atom is 0.265 e. The van der Waals surface area contributed by atoms with Gasteiger partial charge in [-0.1, -0.05) is 19.1 Å². The molecule has 112 valence electrons. The minimum absolute atomic E-state index is 0.135. The predicted molar refractivity (Wildman–Crippen MR) is 90.3 cm³/mol. The molecular formula is C15H17BrN2O2S. The third-order valence-electron chi connectivity index (χ3n) is 2.86. The molecule has 0 bridgehead atoms. The minimum Gasteiger partial charge on any atom is -0.495 e. The third-order valence-corrected chi connectivity index (χ3v) is 4.64. The number of thiophene rings is 1. The maximum atomic E-state index is 12.2. The molecule has 1 amide bonds. The summed E-state index contributed by atoms with van der Waals surface area (Å²) in [6.45, 7) is 3.77. The smallest absolute Gasteiger partial charge is 0.265 e. The first-order valence-corrected chi connectivity index (χ1v) is 8.19. The quantitative estimate of drug-likeness (QED) is 0.813. The topological polar surface area (TPSA) is 50.4 Å². The molecule has 2 aromatic rings. The summed E-state index contributed by atoms with van der Waals surface area (Å²) < 4.78 is 5.98. The van der Waals surface area contributed by atoms with Crippen molar-refractivity contribution < 1.29 is 9.53 Å². The van der Waals surface area contributed by atoms with Crippen LogP contribution in [0.2, 0.25) is 0 Å². The number of hydrogen-bond acceptors (Lipinski definition) is 4. The van der Waals surface area contributed by atoms with E-state index in [1.165, 1.54) is 11.3 Å². The molecule has 0 fully saturated rings. The molecule has 2 rings (SSSR count). The summed E-state index contributed by atoms with van der Waals surface area (Å²) in [6, 6.07) is 9.55. The molecule has 2 N–H and O–H groups in total. The fourth-order valence-electron chi connectivity index (χ4n) is 1.82. The third kappa shape index (κ3) is 4.30. The molecule has 0 atom stereocenters. The monoisotopic (exact) mass is 368 g/mol. The van der Waals surface area contributed by atoms with Crippen LogP contribution in [0.1, 0.15) is 22.2 Å². The van der Waals surface area contributed by atoms with E-state index in [1.807, 2.05) is 24.3 Å². The van der Waals surface area contributed by atoms with E-state index in [0.29, 0.717) is 10.6 Å². The number of rotatable bonds is 6. The molecule has 0 aliphatic carbocycles. The average molecular weight is 369 g/mol. The van der Waals surface area contributed by atoms with E-state index in [2.05, 4.69) is 33.5 Å². The molecule has 0 unspecified atom stereocenters. The van der Waals surface area contributed by atoms with Crippen LogP contribution in [0.4, 0.5) is 5.69 Å². The Morgan fingerprint density at radius 3 is 2.86 bits per heavy atom. The molecule has 0 saturated carbocycles. The number of benzene rings is 1. The van der Waals surface area contributed by atoms with Crippen molar-refractivity contribution in [2.45, 2.75) is 13.5 Å². The van der Waals surface area contributed by atoms with Gasteiger partial charge in [-0.15, -0.1) is 11.3 Å². The van der Waals surface area contributed by atoms with E-state index in [0.717, 1.165) is 28.1 Å². The van der Waals surface area contributed by atoms with Crippen molar-refractivity contribution in [3.8, 4) is 5.75 Å². The summed E-state index contributed by atoms with van der Waals surface area (Å²) in [4.78, 5) is 12.8. The highest BCUT2D eigenvalue weighted by Gasteiger charge is 2.14. The SMILES string of the molecule is CCNCc1cccc(NC(=O)c2cc(OC)c(Br)s2)c1. The highest BCUT2D eigenvalue weighted by molar-refractivity contribution is 9.11. The van der Waals surface area contributed by atoms with Gasteiger partial charge in [0, 0.05) is 18.3 Å². The highest BCUT2D eigenvalue weighted by atomic mass is 79.9. The van der Waals surface area contributed by atoms with Gasteiger partial charge in [0.1, 0.15) is 9.54 Å². The van der Waals surface area contributed by atoms with Crippen molar-refractivity contribution in [1.82, 2.24) is 5.32 Å². The number of nitrogens with one attached hydrogen (secondary N) is 2. The number of halogens is 1. The first kappa shape index (κ1) is 16.0. The van der Waals surface area contributed by atoms with Crippen LogP contribution in [0, 0.1) is 0 Å². The molecule has 6 heteroatoms. The average Bonchev–Trinajstić information content (AvgIpc) is 2.87. The van der Waals surface area contributed by atoms with E-state index in [1.54, 1.807) is 13.2 Å². The van der Waals surface area contributed by atoms with E-state index >= 15 is 0 Å². The number of carbonyl (C=O) groups excluding carboxylic acids is 1. The minimum atomic E-state index is -0.135. The van der Waals surface area contributed by atoms with Crippen molar-refractivity contribution >= 4 is 38.9 Å². The van der Waals surface area contributed by atoms with Crippen LogP contribution in [-0.4, -0.2) is 19.6 Å². The fraction of sp³-hybridized carbons (Fsp3) is 0.267. The first-order valence-electron chi connectivity index (χ1n) is 6.58. The lowest BCUT2D eigenvalue weighted by Gasteiger charge is -2.07. The molecule has 0 saturated heterocycles. The zero-order valence-electron chi connectivity index (χ0n) is 11.9. The molecule has 1 aromatic heterocycles. The van der Waals surface area contributed by atoms with Gasteiger partial charge in [-0.05, 0) is 40.2 Å². The second-order valence-corrected chi connectivity index (χ2v) is 6.76. The van der Waals surface area contributed by atoms with Gasteiger partial charge in [0.2, 0.25) is 0 Å². The summed E-state index contributed by atoms with van der Waals surface area (Å²) in [5.74, 6) is 0.538. The molecule has 0 aliphatic rings. The normalized spacial score (nSPS) is 10.4. The van der Waals surface area contributed by atoms with E-state index < -0.39 is 0 Å². The Morgan fingerprint density at radius 2 is 2.19 bits per heavy atom. The number of methoxy groups -OCH3 is 1. The van der Waals surface area contributed by atoms with Crippen molar-refractivity contribution in [1.29, 1.82) is 0 Å². The van der Waals surface area contributed by atoms with E-state index in [4.69, 9.17) is 4.74 Å². The first-order chi connectivity index (χ1) is 10.1. The van der Waals surface area contributed by atoms with Gasteiger partial charge in [0.15, 0.2) is 0 Å². The van der Waals surface area contributed by atoms with Crippen LogP contribution >= 0.6 is 27.3 Å². The van der Waals surface area contributed by atoms with Gasteiger partial charge in [-0.25, -0.2) is 0 Å². The van der Waals surface area contributed by atoms with Crippen LogP contribution < -0.4 is 15.4 Å².